The van der Waals surface area contributed by atoms with Gasteiger partial charge in [0.25, 0.3) is 0 Å². The smallest absolute Gasteiger partial charge is 0.319 e. The molecule has 3 heterocycles. The van der Waals surface area contributed by atoms with Crippen LogP contribution in [-0.4, -0.2) is 69.2 Å². The molecule has 0 N–H and O–H groups in total. The predicted octanol–water partition coefficient (Wildman–Crippen LogP) is 2.25. The molecule has 1 aliphatic heterocycles. The number of pyridine rings is 1. The number of hydrogen-bond acceptors (Lipinski definition) is 5. The van der Waals surface area contributed by atoms with Gasteiger partial charge in [0.2, 0.25) is 0 Å². The average molecular weight is 368 g/mol. The second-order valence-corrected chi connectivity index (χ2v) is 7.34. The molecule has 8 heteroatoms. The summed E-state index contributed by atoms with van der Waals surface area (Å²) in [6.07, 6.45) is 2.11. The van der Waals surface area contributed by atoms with Crippen LogP contribution in [0.1, 0.15) is 24.0 Å². The van der Waals surface area contributed by atoms with Crippen molar-refractivity contribution in [3.05, 3.63) is 35.4 Å². The lowest BCUT2D eigenvalue weighted by Gasteiger charge is -2.28. The lowest BCUT2D eigenvalue weighted by atomic mass is 10.1. The van der Waals surface area contributed by atoms with E-state index in [2.05, 4.69) is 34.6 Å². The first-order valence-electron chi connectivity index (χ1n) is 9.21. The summed E-state index contributed by atoms with van der Waals surface area (Å²) in [5.74, 6) is 0. The lowest BCUT2D eigenvalue weighted by Crippen LogP contribution is -2.42. The van der Waals surface area contributed by atoms with Crippen LogP contribution in [0.2, 0.25) is 0 Å². The minimum absolute atomic E-state index is 0.0412. The summed E-state index contributed by atoms with van der Waals surface area (Å²) >= 11 is 0. The SMILES string of the molecule is Cc1ccc2c(c1)cc(CN(C[C@@H]1CCCO1)C(=O)N(C)C)c1nnnn12. The van der Waals surface area contributed by atoms with Crippen LogP contribution in [0.5, 0.6) is 0 Å². The summed E-state index contributed by atoms with van der Waals surface area (Å²) in [5, 5.41) is 13.2. The molecule has 0 unspecified atom stereocenters. The molecule has 2 amide bonds. The molecular formula is C19H24N6O2. The number of aryl methyl sites for hydroxylation is 1. The molecule has 1 fully saturated rings. The highest BCUT2D eigenvalue weighted by molar-refractivity contribution is 5.84. The number of hydrogen-bond donors (Lipinski definition) is 0. The Bertz CT molecular complexity index is 977. The molecule has 0 aliphatic carbocycles. The van der Waals surface area contributed by atoms with Crippen LogP contribution < -0.4 is 0 Å². The monoisotopic (exact) mass is 368 g/mol. The first-order valence-corrected chi connectivity index (χ1v) is 9.21. The van der Waals surface area contributed by atoms with Gasteiger partial charge in [-0.25, -0.2) is 4.79 Å². The van der Waals surface area contributed by atoms with Crippen molar-refractivity contribution in [2.24, 2.45) is 0 Å². The van der Waals surface area contributed by atoms with Crippen LogP contribution in [-0.2, 0) is 11.3 Å². The van der Waals surface area contributed by atoms with Gasteiger partial charge in [-0.15, -0.1) is 5.10 Å². The van der Waals surface area contributed by atoms with Crippen LogP contribution in [0, 0.1) is 6.92 Å². The van der Waals surface area contributed by atoms with E-state index < -0.39 is 0 Å². The Morgan fingerprint density at radius 3 is 2.93 bits per heavy atom. The Kier molecular flexibility index (Phi) is 4.65. The molecule has 0 spiro atoms. The second kappa shape index (κ2) is 7.11. The van der Waals surface area contributed by atoms with Crippen molar-refractivity contribution in [3.8, 4) is 0 Å². The molecule has 8 nitrogen and oxygen atoms in total. The highest BCUT2D eigenvalue weighted by Gasteiger charge is 2.25. The number of nitrogens with zero attached hydrogens (tertiary/aromatic N) is 6. The molecule has 1 aliphatic rings. The maximum atomic E-state index is 12.8. The number of rotatable bonds is 4. The molecule has 0 saturated carbocycles. The minimum Gasteiger partial charge on any atom is -0.376 e. The number of aromatic nitrogens is 4. The Morgan fingerprint density at radius 2 is 2.19 bits per heavy atom. The number of carbonyl (C=O) groups excluding carboxylic acids is 1. The summed E-state index contributed by atoms with van der Waals surface area (Å²) in [5.41, 5.74) is 3.72. The normalized spacial score (nSPS) is 16.9. The standard InChI is InChI=1S/C19H24N6O2/c1-13-6-7-17-14(9-13)10-15(18-20-21-22-25(17)18)11-24(19(26)23(2)3)12-16-5-4-8-27-16/h6-7,9-10,16H,4-5,8,11-12H2,1-3H3/t16-/m0/s1. The van der Waals surface area contributed by atoms with E-state index in [1.165, 1.54) is 5.56 Å². The maximum Gasteiger partial charge on any atom is 0.319 e. The Balaban J connectivity index is 1.73. The van der Waals surface area contributed by atoms with Crippen molar-refractivity contribution in [2.75, 3.05) is 27.2 Å². The summed E-state index contributed by atoms with van der Waals surface area (Å²) in [6, 6.07) is 8.22. The van der Waals surface area contributed by atoms with Gasteiger partial charge in [0.15, 0.2) is 5.65 Å². The number of carbonyl (C=O) groups is 1. The zero-order valence-electron chi connectivity index (χ0n) is 15.9. The summed E-state index contributed by atoms with van der Waals surface area (Å²) in [6.45, 7) is 3.83. The van der Waals surface area contributed by atoms with Gasteiger partial charge in [0, 0.05) is 38.2 Å². The number of tetrazole rings is 1. The van der Waals surface area contributed by atoms with Crippen LogP contribution in [0.25, 0.3) is 16.6 Å². The van der Waals surface area contributed by atoms with Gasteiger partial charge in [-0.05, 0) is 48.4 Å². The molecule has 4 rings (SSSR count). The zero-order valence-corrected chi connectivity index (χ0v) is 15.9. The van der Waals surface area contributed by atoms with E-state index in [-0.39, 0.29) is 12.1 Å². The van der Waals surface area contributed by atoms with E-state index in [1.807, 2.05) is 17.0 Å². The molecule has 27 heavy (non-hydrogen) atoms. The average Bonchev–Trinajstić information content (AvgIpc) is 3.32. The predicted molar refractivity (Wildman–Crippen MR) is 101 cm³/mol. The highest BCUT2D eigenvalue weighted by Crippen LogP contribution is 2.23. The number of fused-ring (bicyclic) bond motifs is 3. The summed E-state index contributed by atoms with van der Waals surface area (Å²) < 4.78 is 7.50. The van der Waals surface area contributed by atoms with E-state index in [0.29, 0.717) is 18.7 Å². The molecular weight excluding hydrogens is 344 g/mol. The zero-order chi connectivity index (χ0) is 19.0. The van der Waals surface area contributed by atoms with Gasteiger partial charge in [0.1, 0.15) is 0 Å². The Hall–Kier alpha value is -2.74. The van der Waals surface area contributed by atoms with E-state index in [1.54, 1.807) is 23.5 Å². The molecule has 142 valence electrons. The molecule has 1 saturated heterocycles. The quantitative estimate of drug-likeness (QED) is 0.706. The van der Waals surface area contributed by atoms with Gasteiger partial charge in [-0.2, -0.15) is 4.52 Å². The third-order valence-electron chi connectivity index (χ3n) is 4.96. The van der Waals surface area contributed by atoms with Crippen molar-refractivity contribution in [2.45, 2.75) is 32.4 Å². The van der Waals surface area contributed by atoms with E-state index in [9.17, 15) is 4.79 Å². The molecule has 3 aromatic rings. The number of ether oxygens (including phenoxy) is 1. The van der Waals surface area contributed by atoms with Crippen molar-refractivity contribution in [1.82, 2.24) is 29.8 Å². The van der Waals surface area contributed by atoms with Gasteiger partial charge >= 0.3 is 6.03 Å². The second-order valence-electron chi connectivity index (χ2n) is 7.34. The Labute approximate surface area is 157 Å². The summed E-state index contributed by atoms with van der Waals surface area (Å²) in [4.78, 5) is 16.2. The van der Waals surface area contributed by atoms with Crippen LogP contribution >= 0.6 is 0 Å². The molecule has 1 aromatic carbocycles. The first kappa shape index (κ1) is 17.7. The molecule has 0 radical (unpaired) electrons. The van der Waals surface area contributed by atoms with Gasteiger partial charge in [-0.3, -0.25) is 0 Å². The number of amides is 2. The number of urea groups is 1. The lowest BCUT2D eigenvalue weighted by molar-refractivity contribution is 0.0743. The fourth-order valence-electron chi connectivity index (χ4n) is 3.63. The van der Waals surface area contributed by atoms with E-state index in [4.69, 9.17) is 4.74 Å². The largest absolute Gasteiger partial charge is 0.376 e. The van der Waals surface area contributed by atoms with Crippen LogP contribution in [0.3, 0.4) is 0 Å². The minimum atomic E-state index is -0.0412. The fraction of sp³-hybridized carbons (Fsp3) is 0.474. The maximum absolute atomic E-state index is 12.8. The first-order chi connectivity index (χ1) is 13.0. The Morgan fingerprint density at radius 1 is 1.33 bits per heavy atom. The topological polar surface area (TPSA) is 75.9 Å². The van der Waals surface area contributed by atoms with Gasteiger partial charge in [0.05, 0.1) is 18.2 Å². The van der Waals surface area contributed by atoms with Gasteiger partial charge < -0.3 is 14.5 Å². The molecule has 2 aromatic heterocycles. The van der Waals surface area contributed by atoms with Crippen molar-refractivity contribution in [3.63, 3.8) is 0 Å². The fourth-order valence-corrected chi connectivity index (χ4v) is 3.63. The van der Waals surface area contributed by atoms with Gasteiger partial charge in [-0.1, -0.05) is 11.6 Å². The highest BCUT2D eigenvalue weighted by atomic mass is 16.5. The number of benzene rings is 1. The van der Waals surface area contributed by atoms with Crippen LogP contribution in [0.4, 0.5) is 4.79 Å². The summed E-state index contributed by atoms with van der Waals surface area (Å²) in [7, 11) is 3.53. The molecule has 1 atom stereocenters. The van der Waals surface area contributed by atoms with E-state index >= 15 is 0 Å². The molecule has 0 bridgehead atoms. The van der Waals surface area contributed by atoms with Crippen molar-refractivity contribution in [1.29, 1.82) is 0 Å². The van der Waals surface area contributed by atoms with E-state index in [0.717, 1.165) is 35.9 Å². The third kappa shape index (κ3) is 3.44. The van der Waals surface area contributed by atoms with Crippen molar-refractivity contribution >= 4 is 22.6 Å². The third-order valence-corrected chi connectivity index (χ3v) is 4.96. The van der Waals surface area contributed by atoms with Crippen molar-refractivity contribution < 1.29 is 9.53 Å². The van der Waals surface area contributed by atoms with Crippen LogP contribution in [0.15, 0.2) is 24.3 Å².